The van der Waals surface area contributed by atoms with Crippen LogP contribution in [0, 0.1) is 18.3 Å². The molecule has 0 aliphatic heterocycles. The van der Waals surface area contributed by atoms with E-state index in [9.17, 15) is 5.26 Å². The predicted octanol–water partition coefficient (Wildman–Crippen LogP) is 3.00. The van der Waals surface area contributed by atoms with Gasteiger partial charge in [0.25, 0.3) is 0 Å². The fraction of sp³-hybridized carbons (Fsp3) is 0.750. The van der Waals surface area contributed by atoms with Crippen molar-refractivity contribution < 1.29 is 0 Å². The Morgan fingerprint density at radius 3 is 2.83 bits per heavy atom. The fourth-order valence-corrected chi connectivity index (χ4v) is 3.82. The fourth-order valence-electron chi connectivity index (χ4n) is 1.67. The second-order valence-corrected chi connectivity index (χ2v) is 7.05. The van der Waals surface area contributed by atoms with Crippen LogP contribution in [0.1, 0.15) is 39.4 Å². The number of aromatic nitrogens is 2. The summed E-state index contributed by atoms with van der Waals surface area (Å²) in [6.45, 7) is 8.97. The summed E-state index contributed by atoms with van der Waals surface area (Å²) >= 11 is 3.12. The largest absolute Gasteiger partial charge is 0.300 e. The van der Waals surface area contributed by atoms with Crippen LogP contribution in [0.5, 0.6) is 0 Å². The van der Waals surface area contributed by atoms with E-state index in [0.29, 0.717) is 5.25 Å². The van der Waals surface area contributed by atoms with Gasteiger partial charge >= 0.3 is 0 Å². The second-order valence-electron chi connectivity index (χ2n) is 4.61. The molecule has 0 aromatic carbocycles. The molecule has 0 aliphatic rings. The van der Waals surface area contributed by atoms with Gasteiger partial charge in [-0.2, -0.15) is 9.64 Å². The first-order valence-electron chi connectivity index (χ1n) is 6.12. The van der Waals surface area contributed by atoms with Crippen molar-refractivity contribution in [2.45, 2.75) is 55.7 Å². The van der Waals surface area contributed by atoms with Gasteiger partial charge in [-0.1, -0.05) is 25.6 Å². The highest BCUT2D eigenvalue weighted by Crippen LogP contribution is 2.29. The van der Waals surface area contributed by atoms with E-state index in [4.69, 9.17) is 0 Å². The van der Waals surface area contributed by atoms with E-state index >= 15 is 0 Å². The molecule has 100 valence electrons. The molecule has 6 heteroatoms. The standard InChI is InChI=1S/C12H20N4S2/c1-5-6-14-12(4,8-13)7-9(2)17-11-15-10(3)16-18-11/h9,14H,5-7H2,1-4H3. The third-order valence-corrected chi connectivity index (χ3v) is 4.50. The Balaban J connectivity index is 2.52. The third-order valence-electron chi connectivity index (χ3n) is 2.52. The van der Waals surface area contributed by atoms with E-state index < -0.39 is 5.54 Å². The average molecular weight is 284 g/mol. The van der Waals surface area contributed by atoms with Crippen molar-refractivity contribution >= 4 is 23.3 Å². The predicted molar refractivity (Wildman–Crippen MR) is 76.9 cm³/mol. The summed E-state index contributed by atoms with van der Waals surface area (Å²) in [7, 11) is 0. The van der Waals surface area contributed by atoms with Gasteiger partial charge in [0.1, 0.15) is 11.4 Å². The molecular weight excluding hydrogens is 264 g/mol. The number of nitrogens with zero attached hydrogens (tertiary/aromatic N) is 3. The smallest absolute Gasteiger partial charge is 0.170 e. The van der Waals surface area contributed by atoms with Crippen LogP contribution in [0.4, 0.5) is 0 Å². The molecule has 1 rings (SSSR count). The SMILES string of the molecule is CCCNC(C)(C#N)CC(C)Sc1nc(C)ns1. The maximum Gasteiger partial charge on any atom is 0.170 e. The van der Waals surface area contributed by atoms with Crippen molar-refractivity contribution in [3.8, 4) is 6.07 Å². The molecular formula is C12H20N4S2. The zero-order chi connectivity index (χ0) is 13.6. The van der Waals surface area contributed by atoms with Gasteiger partial charge in [-0.05, 0) is 44.8 Å². The van der Waals surface area contributed by atoms with Crippen LogP contribution >= 0.6 is 23.3 Å². The zero-order valence-electron chi connectivity index (χ0n) is 11.4. The lowest BCUT2D eigenvalue weighted by atomic mass is 9.98. The van der Waals surface area contributed by atoms with Gasteiger partial charge in [0.15, 0.2) is 4.34 Å². The van der Waals surface area contributed by atoms with E-state index in [0.717, 1.165) is 29.6 Å². The number of hydrogen-bond donors (Lipinski definition) is 1. The average Bonchev–Trinajstić information content (AvgIpc) is 2.72. The summed E-state index contributed by atoms with van der Waals surface area (Å²) < 4.78 is 5.15. The number of thioether (sulfide) groups is 1. The minimum atomic E-state index is -0.456. The van der Waals surface area contributed by atoms with Gasteiger partial charge in [-0.3, -0.25) is 5.32 Å². The van der Waals surface area contributed by atoms with Crippen LogP contribution in [-0.2, 0) is 0 Å². The highest BCUT2D eigenvalue weighted by Gasteiger charge is 2.26. The molecule has 1 aromatic rings. The first kappa shape index (κ1) is 15.4. The van der Waals surface area contributed by atoms with E-state index in [1.165, 1.54) is 11.5 Å². The van der Waals surface area contributed by atoms with Gasteiger partial charge in [0, 0.05) is 5.25 Å². The maximum absolute atomic E-state index is 9.28. The number of rotatable bonds is 7. The van der Waals surface area contributed by atoms with E-state index in [1.807, 2.05) is 13.8 Å². The molecule has 2 atom stereocenters. The van der Waals surface area contributed by atoms with E-state index in [-0.39, 0.29) is 0 Å². The first-order chi connectivity index (χ1) is 8.49. The minimum Gasteiger partial charge on any atom is -0.300 e. The van der Waals surface area contributed by atoms with Crippen LogP contribution in [-0.4, -0.2) is 26.7 Å². The second kappa shape index (κ2) is 7.07. The zero-order valence-corrected chi connectivity index (χ0v) is 13.0. The maximum atomic E-state index is 9.28. The van der Waals surface area contributed by atoms with Crippen molar-refractivity contribution in [2.75, 3.05) is 6.54 Å². The third kappa shape index (κ3) is 4.92. The van der Waals surface area contributed by atoms with Gasteiger partial charge in [0.2, 0.25) is 0 Å². The molecule has 0 bridgehead atoms. The van der Waals surface area contributed by atoms with Crippen molar-refractivity contribution in [2.24, 2.45) is 0 Å². The highest BCUT2D eigenvalue weighted by atomic mass is 32.2. The first-order valence-corrected chi connectivity index (χ1v) is 7.77. The van der Waals surface area contributed by atoms with E-state index in [1.54, 1.807) is 11.8 Å². The number of nitrogens with one attached hydrogen (secondary N) is 1. The molecule has 4 nitrogen and oxygen atoms in total. The van der Waals surface area contributed by atoms with Crippen molar-refractivity contribution in [1.82, 2.24) is 14.7 Å². The quantitative estimate of drug-likeness (QED) is 0.780. The molecule has 1 N–H and O–H groups in total. The molecule has 18 heavy (non-hydrogen) atoms. The molecule has 1 heterocycles. The lowest BCUT2D eigenvalue weighted by molar-refractivity contribution is 0.418. The van der Waals surface area contributed by atoms with Crippen LogP contribution in [0.2, 0.25) is 0 Å². The molecule has 0 fully saturated rings. The monoisotopic (exact) mass is 284 g/mol. The molecule has 0 spiro atoms. The molecule has 0 radical (unpaired) electrons. The normalized spacial score (nSPS) is 15.9. The summed E-state index contributed by atoms with van der Waals surface area (Å²) in [6, 6.07) is 2.38. The Morgan fingerprint density at radius 2 is 2.33 bits per heavy atom. The van der Waals surface area contributed by atoms with Crippen molar-refractivity contribution in [3.05, 3.63) is 5.82 Å². The topological polar surface area (TPSA) is 61.6 Å². The van der Waals surface area contributed by atoms with Crippen LogP contribution in [0.25, 0.3) is 0 Å². The molecule has 1 aromatic heterocycles. The van der Waals surface area contributed by atoms with Crippen LogP contribution in [0.3, 0.4) is 0 Å². The Hall–Kier alpha value is -0.640. The van der Waals surface area contributed by atoms with E-state index in [2.05, 4.69) is 34.6 Å². The van der Waals surface area contributed by atoms with Gasteiger partial charge in [-0.15, -0.1) is 0 Å². The molecule has 2 unspecified atom stereocenters. The molecule has 0 saturated heterocycles. The van der Waals surface area contributed by atoms with Crippen LogP contribution in [0.15, 0.2) is 4.34 Å². The summed E-state index contributed by atoms with van der Waals surface area (Å²) in [5.41, 5.74) is -0.456. The highest BCUT2D eigenvalue weighted by molar-refractivity contribution is 8.01. The molecule has 0 saturated carbocycles. The van der Waals surface area contributed by atoms with Crippen molar-refractivity contribution in [3.63, 3.8) is 0 Å². The Bertz CT molecular complexity index is 412. The minimum absolute atomic E-state index is 0.339. The number of hydrogen-bond acceptors (Lipinski definition) is 6. The van der Waals surface area contributed by atoms with Crippen molar-refractivity contribution in [1.29, 1.82) is 5.26 Å². The van der Waals surface area contributed by atoms with Gasteiger partial charge in [0.05, 0.1) is 6.07 Å². The number of nitriles is 1. The molecule has 0 aliphatic carbocycles. The Labute approximate surface area is 117 Å². The van der Waals surface area contributed by atoms with Gasteiger partial charge in [-0.25, -0.2) is 4.98 Å². The number of aryl methyl sites for hydroxylation is 1. The Morgan fingerprint density at radius 1 is 1.61 bits per heavy atom. The van der Waals surface area contributed by atoms with Gasteiger partial charge < -0.3 is 0 Å². The lowest BCUT2D eigenvalue weighted by Crippen LogP contribution is -2.43. The summed E-state index contributed by atoms with van der Waals surface area (Å²) in [5.74, 6) is 0.821. The Kier molecular flexibility index (Phi) is 6.06. The molecule has 0 amide bonds. The van der Waals surface area contributed by atoms with Crippen LogP contribution < -0.4 is 5.32 Å². The lowest BCUT2D eigenvalue weighted by Gasteiger charge is -2.25. The summed E-state index contributed by atoms with van der Waals surface area (Å²) in [5, 5.41) is 12.9. The summed E-state index contributed by atoms with van der Waals surface area (Å²) in [6.07, 6.45) is 1.83. The summed E-state index contributed by atoms with van der Waals surface area (Å²) in [4.78, 5) is 4.34.